The molecule has 4 N–H and O–H groups in total. The van der Waals surface area contributed by atoms with Crippen LogP contribution >= 0.6 is 11.3 Å². The maximum Gasteiger partial charge on any atom is 0.405 e. The molecule has 1 aromatic carbocycles. The molecule has 17 heteroatoms. The van der Waals surface area contributed by atoms with Gasteiger partial charge in [0.25, 0.3) is 5.91 Å². The fourth-order valence-corrected chi connectivity index (χ4v) is 9.95. The zero-order valence-corrected chi connectivity index (χ0v) is 35.5. The number of carbonyl (C=O) groups excluding carboxylic acids is 3. The van der Waals surface area contributed by atoms with Gasteiger partial charge in [-0.15, -0.1) is 11.3 Å². The van der Waals surface area contributed by atoms with Gasteiger partial charge in [0.15, 0.2) is 0 Å². The molecule has 2 aliphatic heterocycles. The van der Waals surface area contributed by atoms with E-state index >= 15 is 0 Å². The number of hydrogen-bond donors (Lipinski definition) is 4. The van der Waals surface area contributed by atoms with E-state index < -0.39 is 74.1 Å². The Bertz CT molecular complexity index is 2210. The highest BCUT2D eigenvalue weighted by atomic mass is 32.2. The largest absolute Gasteiger partial charge is 0.491 e. The number of carboxylic acid groups (broad SMARTS) is 1. The lowest BCUT2D eigenvalue weighted by Gasteiger charge is -2.32. The van der Waals surface area contributed by atoms with E-state index in [0.29, 0.717) is 54.3 Å². The zero-order valence-electron chi connectivity index (χ0n) is 33.8. The van der Waals surface area contributed by atoms with Gasteiger partial charge in [-0.1, -0.05) is 26.0 Å². The van der Waals surface area contributed by atoms with Crippen molar-refractivity contribution in [1.82, 2.24) is 30.2 Å². The number of rotatable bonds is 10. The number of sulfonamides is 1. The Morgan fingerprint density at radius 2 is 1.78 bits per heavy atom. The topological polar surface area (TPSA) is 206 Å². The maximum absolute atomic E-state index is 14.6. The number of hydrogen-bond acceptors (Lipinski definition) is 11. The molecular weight excluding hydrogens is 797 g/mol. The summed E-state index contributed by atoms with van der Waals surface area (Å²) in [7, 11) is -4.02. The SMILES string of the molecule is CC(C)Oc1ccc(-c2cc(O[C@@H]3C[C@H]4C(=O)N[C@]5(C(=O)NS(=O)(=O)C6(C)CC6)C[C@H]5C=CCC[C@@H](C)C[C@@H](C)[C@H](NC(=O)O)C(=O)N4C3)cc(-c3cscn3)n2)cc1. The molecule has 2 aliphatic carbocycles. The molecular formula is C42H52N6O9S2. The third-order valence-corrected chi connectivity index (χ3v) is 14.6. The Kier molecular flexibility index (Phi) is 11.8. The number of nitrogens with one attached hydrogen (secondary N) is 3. The molecule has 4 heterocycles. The minimum atomic E-state index is -4.02. The molecule has 0 radical (unpaired) electrons. The van der Waals surface area contributed by atoms with Crippen LogP contribution in [0.15, 0.2) is 59.4 Å². The molecule has 0 bridgehead atoms. The van der Waals surface area contributed by atoms with Gasteiger partial charge in [0.1, 0.15) is 35.2 Å². The number of carbonyl (C=O) groups is 4. The van der Waals surface area contributed by atoms with Crippen molar-refractivity contribution in [3.63, 3.8) is 0 Å². The summed E-state index contributed by atoms with van der Waals surface area (Å²) in [5.41, 5.74) is 2.70. The first-order chi connectivity index (χ1) is 28.0. The van der Waals surface area contributed by atoms with E-state index in [1.165, 1.54) is 16.2 Å². The van der Waals surface area contributed by atoms with Gasteiger partial charge < -0.3 is 30.1 Å². The molecule has 0 unspecified atom stereocenters. The first kappa shape index (κ1) is 42.1. The van der Waals surface area contributed by atoms with Crippen LogP contribution < -0.4 is 24.8 Å². The second kappa shape index (κ2) is 16.6. The van der Waals surface area contributed by atoms with Crippen molar-refractivity contribution in [2.24, 2.45) is 17.8 Å². The Balaban J connectivity index is 1.22. The Hall–Kier alpha value is -5.03. The van der Waals surface area contributed by atoms with Crippen molar-refractivity contribution in [3.05, 3.63) is 59.4 Å². The van der Waals surface area contributed by atoms with Crippen LogP contribution in [0.3, 0.4) is 0 Å². The second-order valence-corrected chi connectivity index (χ2v) is 19.9. The lowest BCUT2D eigenvalue weighted by molar-refractivity contribution is -0.142. The highest BCUT2D eigenvalue weighted by Gasteiger charge is 2.63. The zero-order chi connectivity index (χ0) is 42.3. The van der Waals surface area contributed by atoms with Crippen molar-refractivity contribution in [2.45, 2.75) is 114 Å². The van der Waals surface area contributed by atoms with Crippen molar-refractivity contribution >= 4 is 45.2 Å². The maximum atomic E-state index is 14.6. The van der Waals surface area contributed by atoms with Gasteiger partial charge in [-0.05, 0) is 95.4 Å². The van der Waals surface area contributed by atoms with E-state index in [9.17, 15) is 32.7 Å². The smallest absolute Gasteiger partial charge is 0.405 e. The average molecular weight is 849 g/mol. The first-order valence-corrected chi connectivity index (χ1v) is 22.6. The van der Waals surface area contributed by atoms with Crippen molar-refractivity contribution in [2.75, 3.05) is 6.54 Å². The predicted molar refractivity (Wildman–Crippen MR) is 221 cm³/mol. The number of ether oxygens (including phenoxy) is 2. The quantitative estimate of drug-likeness (QED) is 0.187. The molecule has 4 amide bonds. The van der Waals surface area contributed by atoms with Gasteiger partial charge in [-0.3, -0.25) is 19.1 Å². The highest BCUT2D eigenvalue weighted by molar-refractivity contribution is 7.91. The fourth-order valence-electron chi connectivity index (χ4n) is 8.09. The first-order valence-electron chi connectivity index (χ1n) is 20.2. The molecule has 3 aromatic rings. The summed E-state index contributed by atoms with van der Waals surface area (Å²) in [5.74, 6) is -1.76. The van der Waals surface area contributed by atoms with Crippen molar-refractivity contribution in [3.8, 4) is 34.1 Å². The lowest BCUT2D eigenvalue weighted by atomic mass is 9.88. The van der Waals surface area contributed by atoms with Gasteiger partial charge in [0.2, 0.25) is 21.8 Å². The summed E-state index contributed by atoms with van der Waals surface area (Å²) >= 11 is 1.42. The molecule has 2 saturated carbocycles. The van der Waals surface area contributed by atoms with Crippen LogP contribution in [0.5, 0.6) is 11.5 Å². The summed E-state index contributed by atoms with van der Waals surface area (Å²) in [5, 5.41) is 17.0. The van der Waals surface area contributed by atoms with Gasteiger partial charge in [-0.2, -0.15) is 0 Å². The van der Waals surface area contributed by atoms with Crippen molar-refractivity contribution in [1.29, 1.82) is 0 Å². The number of aromatic nitrogens is 2. The van der Waals surface area contributed by atoms with E-state index in [1.54, 1.807) is 24.6 Å². The molecule has 7 rings (SSSR count). The molecule has 3 fully saturated rings. The minimum absolute atomic E-state index is 0.000760. The normalized spacial score (nSPS) is 28.0. The number of fused-ring (bicyclic) bond motifs is 2. The molecule has 1 saturated heterocycles. The molecule has 15 nitrogen and oxygen atoms in total. The van der Waals surface area contributed by atoms with Crippen LogP contribution in [0.4, 0.5) is 4.79 Å². The van der Waals surface area contributed by atoms with Crippen LogP contribution in [-0.4, -0.2) is 93.3 Å². The highest BCUT2D eigenvalue weighted by Crippen LogP contribution is 2.47. The van der Waals surface area contributed by atoms with E-state index in [-0.39, 0.29) is 31.4 Å². The van der Waals surface area contributed by atoms with Gasteiger partial charge >= 0.3 is 6.09 Å². The summed E-state index contributed by atoms with van der Waals surface area (Å²) in [4.78, 5) is 65.8. The second-order valence-electron chi connectivity index (χ2n) is 17.0. The summed E-state index contributed by atoms with van der Waals surface area (Å²) in [6.45, 7) is 9.26. The summed E-state index contributed by atoms with van der Waals surface area (Å²) in [6, 6.07) is 8.66. The minimum Gasteiger partial charge on any atom is -0.491 e. The number of benzene rings is 1. The Morgan fingerprint density at radius 1 is 1.05 bits per heavy atom. The number of pyridine rings is 1. The van der Waals surface area contributed by atoms with Crippen LogP contribution in [0.2, 0.25) is 0 Å². The van der Waals surface area contributed by atoms with E-state index in [0.717, 1.165) is 12.0 Å². The molecule has 59 heavy (non-hydrogen) atoms. The molecule has 7 atom stereocenters. The fraction of sp³-hybridized carbons (Fsp3) is 0.524. The van der Waals surface area contributed by atoms with E-state index in [1.807, 2.05) is 69.5 Å². The molecule has 0 spiro atoms. The van der Waals surface area contributed by atoms with Gasteiger partial charge in [0, 0.05) is 35.4 Å². The number of allylic oxidation sites excluding steroid dienone is 1. The summed E-state index contributed by atoms with van der Waals surface area (Å²) in [6.07, 6.45) is 4.59. The monoisotopic (exact) mass is 848 g/mol. The average Bonchev–Trinajstić information content (AvgIpc) is 3.92. The number of nitrogens with zero attached hydrogens (tertiary/aromatic N) is 3. The standard InChI is InChI=1S/C42H52N6O9S2/c1-24(2)56-29-12-10-27(11-13-29)32-17-30(18-33(44-32)34-22-58-23-43-34)57-31-19-35-37(49)46-42(39(51)47-59(54,55)41(5)14-15-41)20-28(42)9-7-6-8-25(3)16-26(4)36(45-40(52)53)38(50)48(35)21-31/h7,9-13,17-18,22-26,28,31,35-36,45H,6,8,14-16,19-21H2,1-5H3,(H,46,49)(H,47,51)(H,52,53)/t25-,26-,28-,31-,35+,36+,42-/m1/s1. The van der Waals surface area contributed by atoms with Crippen LogP contribution in [0.1, 0.15) is 79.6 Å². The van der Waals surface area contributed by atoms with E-state index in [4.69, 9.17) is 14.5 Å². The van der Waals surface area contributed by atoms with Crippen molar-refractivity contribution < 1.29 is 42.2 Å². The third kappa shape index (κ3) is 9.25. The van der Waals surface area contributed by atoms with Crippen LogP contribution in [0, 0.1) is 17.8 Å². The Morgan fingerprint density at radius 3 is 2.44 bits per heavy atom. The Labute approximate surface area is 348 Å². The van der Waals surface area contributed by atoms with E-state index in [2.05, 4.69) is 20.3 Å². The summed E-state index contributed by atoms with van der Waals surface area (Å²) < 4.78 is 40.1. The predicted octanol–water partition coefficient (Wildman–Crippen LogP) is 5.53. The van der Waals surface area contributed by atoms with Crippen LogP contribution in [-0.2, 0) is 24.4 Å². The van der Waals surface area contributed by atoms with Gasteiger partial charge in [0.05, 0.1) is 40.0 Å². The molecule has 4 aliphatic rings. The molecule has 316 valence electrons. The molecule has 2 aromatic heterocycles. The number of amides is 4. The van der Waals surface area contributed by atoms with Gasteiger partial charge in [-0.25, -0.2) is 23.2 Å². The number of thiazole rings is 1. The lowest BCUT2D eigenvalue weighted by Crippen LogP contribution is -2.59. The van der Waals surface area contributed by atoms with Crippen LogP contribution in [0.25, 0.3) is 22.6 Å². The third-order valence-electron chi connectivity index (χ3n) is 11.8.